The number of benzene rings is 5. The third kappa shape index (κ3) is 12.7. The van der Waals surface area contributed by atoms with Crippen LogP contribution >= 0.6 is 36.0 Å². The van der Waals surface area contributed by atoms with E-state index in [1.165, 1.54) is 27.7 Å². The molecule has 2 unspecified atom stereocenters. The average Bonchev–Trinajstić information content (AvgIpc) is 3.21. The highest BCUT2D eigenvalue weighted by atomic mass is 35.5. The molecule has 0 saturated carbocycles. The number of hydrogen-bond acceptors (Lipinski definition) is 9. The first kappa shape index (κ1) is 43.6. The molecule has 57 heavy (non-hydrogen) atoms. The molecule has 1 fully saturated rings. The van der Waals surface area contributed by atoms with Crippen LogP contribution in [0.5, 0.6) is 0 Å². The Morgan fingerprint density at radius 1 is 0.912 bits per heavy atom. The van der Waals surface area contributed by atoms with Gasteiger partial charge in [-0.1, -0.05) is 80.0 Å². The summed E-state index contributed by atoms with van der Waals surface area (Å²) in [5.74, 6) is 0.919. The Hall–Kier alpha value is -4.52. The van der Waals surface area contributed by atoms with Crippen LogP contribution in [-0.2, 0) is 0 Å². The Balaban J connectivity index is 0.000000225. The molecule has 0 aliphatic carbocycles. The van der Waals surface area contributed by atoms with Crippen molar-refractivity contribution >= 4 is 59.0 Å². The highest BCUT2D eigenvalue weighted by Crippen LogP contribution is 2.37. The van der Waals surface area contributed by atoms with Crippen LogP contribution < -0.4 is 16.0 Å². The predicted molar refractivity (Wildman–Crippen MR) is 241 cm³/mol. The number of rotatable bonds is 15. The Kier molecular flexibility index (Phi) is 16.3. The lowest BCUT2D eigenvalue weighted by Gasteiger charge is -2.42. The van der Waals surface area contributed by atoms with E-state index in [0.29, 0.717) is 28.1 Å². The number of carbonyl (C=O) groups excluding carboxylic acids is 1. The van der Waals surface area contributed by atoms with Crippen molar-refractivity contribution < 1.29 is 9.72 Å². The van der Waals surface area contributed by atoms with E-state index >= 15 is 0 Å². The summed E-state index contributed by atoms with van der Waals surface area (Å²) in [5, 5.41) is 15.4. The third-order valence-corrected chi connectivity index (χ3v) is 11.7. The fourth-order valence-electron chi connectivity index (χ4n) is 7.06. The van der Waals surface area contributed by atoms with Crippen molar-refractivity contribution in [2.24, 2.45) is 11.7 Å². The normalized spacial score (nSPS) is 14.1. The van der Waals surface area contributed by atoms with Crippen LogP contribution in [0.3, 0.4) is 0 Å². The molecule has 5 aromatic rings. The van der Waals surface area contributed by atoms with Gasteiger partial charge in [-0.2, -0.15) is 0 Å². The van der Waals surface area contributed by atoms with Crippen molar-refractivity contribution in [2.75, 3.05) is 62.8 Å². The van der Waals surface area contributed by atoms with Gasteiger partial charge >= 0.3 is 0 Å². The summed E-state index contributed by atoms with van der Waals surface area (Å²) in [5.41, 5.74) is 11.5. The zero-order valence-corrected chi connectivity index (χ0v) is 35.5. The van der Waals surface area contributed by atoms with E-state index in [-0.39, 0.29) is 22.6 Å². The molecular weight excluding hydrogens is 772 g/mol. The van der Waals surface area contributed by atoms with E-state index in [4.69, 9.17) is 17.3 Å². The van der Waals surface area contributed by atoms with Gasteiger partial charge in [0.15, 0.2) is 0 Å². The molecule has 1 heterocycles. The molecule has 1 aliphatic heterocycles. The number of thioether (sulfide) groups is 1. The Morgan fingerprint density at radius 3 is 2.18 bits per heavy atom. The number of nitro groups is 1. The number of anilines is 2. The second-order valence-corrected chi connectivity index (χ2v) is 16.8. The number of nitrogens with two attached hydrogens (primary N) is 1. The Bertz CT molecular complexity index is 2040. The number of thiol groups is 1. The van der Waals surface area contributed by atoms with Gasteiger partial charge in [0, 0.05) is 76.1 Å². The van der Waals surface area contributed by atoms with Crippen molar-refractivity contribution in [3.05, 3.63) is 148 Å². The van der Waals surface area contributed by atoms with E-state index in [2.05, 4.69) is 95.0 Å². The summed E-state index contributed by atoms with van der Waals surface area (Å²) >= 11 is 12.1. The minimum atomic E-state index is -0.388. The van der Waals surface area contributed by atoms with Gasteiger partial charge in [0.1, 0.15) is 5.69 Å². The van der Waals surface area contributed by atoms with Crippen LogP contribution in [-0.4, -0.2) is 79.2 Å². The fraction of sp³-hybridized carbons (Fsp3) is 0.311. The van der Waals surface area contributed by atoms with Crippen LogP contribution in [0.2, 0.25) is 5.02 Å². The third-order valence-electron chi connectivity index (χ3n) is 9.95. The number of nitrogens with one attached hydrogen (secondary N) is 1. The minimum Gasteiger partial charge on any atom is -0.376 e. The maximum absolute atomic E-state index is 11.3. The number of piperazine rings is 1. The minimum absolute atomic E-state index is 0.0621. The second-order valence-electron chi connectivity index (χ2n) is 14.7. The number of amides is 1. The quantitative estimate of drug-likeness (QED) is 0.0415. The molecule has 1 aliphatic rings. The lowest BCUT2D eigenvalue weighted by molar-refractivity contribution is -0.384. The largest absolute Gasteiger partial charge is 0.376 e. The van der Waals surface area contributed by atoms with Gasteiger partial charge in [-0.25, -0.2) is 0 Å². The number of nitro benzene ring substituents is 1. The molecule has 0 spiro atoms. The van der Waals surface area contributed by atoms with Crippen molar-refractivity contribution in [2.45, 2.75) is 42.1 Å². The summed E-state index contributed by atoms with van der Waals surface area (Å²) in [6.07, 6.45) is 0.895. The predicted octanol–water partition coefficient (Wildman–Crippen LogP) is 10.0. The van der Waals surface area contributed by atoms with Crippen molar-refractivity contribution in [3.8, 4) is 11.1 Å². The summed E-state index contributed by atoms with van der Waals surface area (Å²) in [7, 11) is 4.05. The van der Waals surface area contributed by atoms with Gasteiger partial charge in [-0.05, 0) is 110 Å². The van der Waals surface area contributed by atoms with Gasteiger partial charge in [0.25, 0.3) is 5.69 Å². The highest BCUT2D eigenvalue weighted by Gasteiger charge is 2.29. The summed E-state index contributed by atoms with van der Waals surface area (Å²) in [6, 6.07) is 40.1. The standard InChI is InChI=1S/C27H30ClN3O.C18H23N3O2S2/c1-19(2)26(25-6-4-3-5-24(25)20-7-11-22(28)12-8-20)31-17-15-30(16-18-31)23-13-9-21(10-14-23)27(29)32;1-20(2)11-10-14(13-25-16-6-4-3-5-7-16)19-17-9-8-15(24)12-18(17)21(22)23/h3-14,19,26H,15-18H2,1-2H3,(H2,29,32);3-9,12,14,19,24H,10-11,13H2,1-2H3. The molecule has 0 aromatic heterocycles. The Morgan fingerprint density at radius 2 is 1.56 bits per heavy atom. The highest BCUT2D eigenvalue weighted by molar-refractivity contribution is 7.99. The molecule has 300 valence electrons. The van der Waals surface area contributed by atoms with Crippen LogP contribution in [0.15, 0.2) is 131 Å². The topological polar surface area (TPSA) is 108 Å². The second kappa shape index (κ2) is 21.3. The smallest absolute Gasteiger partial charge is 0.293 e. The van der Waals surface area contributed by atoms with Gasteiger partial charge in [-0.3, -0.25) is 19.8 Å². The molecule has 2 atom stereocenters. The number of carbonyl (C=O) groups is 1. The summed E-state index contributed by atoms with van der Waals surface area (Å²) < 4.78 is 0. The Labute approximate surface area is 352 Å². The zero-order valence-electron chi connectivity index (χ0n) is 33.1. The summed E-state index contributed by atoms with van der Waals surface area (Å²) in [6.45, 7) is 9.37. The molecule has 1 saturated heterocycles. The number of nitrogens with zero attached hydrogens (tertiary/aromatic N) is 4. The maximum atomic E-state index is 11.3. The van der Waals surface area contributed by atoms with Crippen molar-refractivity contribution in [3.63, 3.8) is 0 Å². The van der Waals surface area contributed by atoms with Gasteiger partial charge in [-0.15, -0.1) is 24.4 Å². The van der Waals surface area contributed by atoms with Crippen LogP contribution in [0.25, 0.3) is 11.1 Å². The first-order valence-corrected chi connectivity index (χ1v) is 21.0. The SMILES string of the molecule is CC(C)C(c1ccccc1-c1ccc(Cl)cc1)N1CCN(c2ccc(C(N)=O)cc2)CC1.CN(C)CCC(CSc1ccccc1)Nc1ccc(S)cc1[N+](=O)[O-]. The van der Waals surface area contributed by atoms with Gasteiger partial charge in [0.2, 0.25) is 5.91 Å². The molecular formula is C45H53ClN6O3S2. The van der Waals surface area contributed by atoms with Crippen LogP contribution in [0.1, 0.15) is 42.2 Å². The van der Waals surface area contributed by atoms with Crippen molar-refractivity contribution in [1.29, 1.82) is 0 Å². The molecule has 0 radical (unpaired) electrons. The van der Waals surface area contributed by atoms with E-state index in [9.17, 15) is 14.9 Å². The molecule has 3 N–H and O–H groups in total. The first-order chi connectivity index (χ1) is 27.4. The molecule has 6 rings (SSSR count). The molecule has 0 bridgehead atoms. The zero-order chi connectivity index (χ0) is 40.9. The number of halogens is 1. The van der Waals surface area contributed by atoms with Crippen LogP contribution in [0, 0.1) is 16.0 Å². The molecule has 5 aromatic carbocycles. The van der Waals surface area contributed by atoms with E-state index in [1.54, 1.807) is 23.9 Å². The molecule has 12 heteroatoms. The van der Waals surface area contributed by atoms with E-state index in [0.717, 1.165) is 55.6 Å². The fourth-order valence-corrected chi connectivity index (χ4v) is 8.37. The lowest BCUT2D eigenvalue weighted by atomic mass is 9.87. The average molecular weight is 826 g/mol. The van der Waals surface area contributed by atoms with Crippen LogP contribution in [0.4, 0.5) is 17.1 Å². The summed E-state index contributed by atoms with van der Waals surface area (Å²) in [4.78, 5) is 31.2. The van der Waals surface area contributed by atoms with E-state index < -0.39 is 0 Å². The van der Waals surface area contributed by atoms with Crippen molar-refractivity contribution in [1.82, 2.24) is 9.80 Å². The maximum Gasteiger partial charge on any atom is 0.293 e. The van der Waals surface area contributed by atoms with E-state index in [1.807, 2.05) is 68.7 Å². The monoisotopic (exact) mass is 824 g/mol. The lowest BCUT2D eigenvalue weighted by Crippen LogP contribution is -2.48. The molecule has 9 nitrogen and oxygen atoms in total. The van der Waals surface area contributed by atoms with Gasteiger partial charge < -0.3 is 20.9 Å². The molecule has 1 amide bonds. The van der Waals surface area contributed by atoms with Gasteiger partial charge in [0.05, 0.1) is 4.92 Å². The number of primary amides is 1. The number of hydrogen-bond donors (Lipinski definition) is 3. The first-order valence-electron chi connectivity index (χ1n) is 19.2.